The van der Waals surface area contributed by atoms with Crippen molar-refractivity contribution < 1.29 is 19.1 Å². The first-order chi connectivity index (χ1) is 22.8. The summed E-state index contributed by atoms with van der Waals surface area (Å²) in [5.41, 5.74) is 10.9. The Morgan fingerprint density at radius 2 is 0.750 bits per heavy atom. The quantitative estimate of drug-likeness (QED) is 0.0858. The first-order valence-corrected chi connectivity index (χ1v) is 18.0. The van der Waals surface area contributed by atoms with Crippen LogP contribution in [0.3, 0.4) is 0 Å². The minimum Gasteiger partial charge on any atom is -0.489 e. The van der Waals surface area contributed by atoms with E-state index in [1.54, 1.807) is 6.92 Å². The summed E-state index contributed by atoms with van der Waals surface area (Å²) in [4.78, 5) is 25.4. The Morgan fingerprint density at radius 1 is 0.458 bits per heavy atom. The molecular formula is C44H66O4. The van der Waals surface area contributed by atoms with E-state index >= 15 is 0 Å². The van der Waals surface area contributed by atoms with Crippen molar-refractivity contribution >= 4 is 11.6 Å². The van der Waals surface area contributed by atoms with E-state index in [0.717, 1.165) is 70.6 Å². The van der Waals surface area contributed by atoms with Crippen molar-refractivity contribution in [1.82, 2.24) is 0 Å². The molecule has 4 nitrogen and oxygen atoms in total. The summed E-state index contributed by atoms with van der Waals surface area (Å²) in [7, 11) is 2.77. The van der Waals surface area contributed by atoms with Gasteiger partial charge in [0.25, 0.3) is 0 Å². The molecule has 0 amide bonds. The van der Waals surface area contributed by atoms with Crippen molar-refractivity contribution in [3.8, 4) is 0 Å². The zero-order chi connectivity index (χ0) is 36.1. The van der Waals surface area contributed by atoms with Crippen LogP contribution in [0.25, 0.3) is 0 Å². The zero-order valence-electron chi connectivity index (χ0n) is 32.4. The topological polar surface area (TPSA) is 52.6 Å². The fourth-order valence-corrected chi connectivity index (χ4v) is 5.65. The van der Waals surface area contributed by atoms with Crippen LogP contribution in [0.5, 0.6) is 0 Å². The van der Waals surface area contributed by atoms with Gasteiger partial charge in [-0.1, -0.05) is 81.5 Å². The Kier molecular flexibility index (Phi) is 21.2. The molecule has 0 aromatic rings. The Bertz CT molecular complexity index is 1360. The van der Waals surface area contributed by atoms with Crippen LogP contribution in [-0.4, -0.2) is 25.8 Å². The van der Waals surface area contributed by atoms with Gasteiger partial charge in [0.2, 0.25) is 23.1 Å². The minimum absolute atomic E-state index is 0.00623. The van der Waals surface area contributed by atoms with Crippen LogP contribution in [-0.2, 0) is 19.1 Å². The highest BCUT2D eigenvalue weighted by Crippen LogP contribution is 2.28. The van der Waals surface area contributed by atoms with Gasteiger partial charge < -0.3 is 9.47 Å². The second-order valence-electron chi connectivity index (χ2n) is 13.8. The monoisotopic (exact) mass is 658 g/mol. The van der Waals surface area contributed by atoms with E-state index in [1.165, 1.54) is 59.7 Å². The van der Waals surface area contributed by atoms with Gasteiger partial charge in [-0.05, 0) is 146 Å². The molecule has 0 bridgehead atoms. The fraction of sp³-hybridized carbons (Fsp3) is 0.545. The lowest BCUT2D eigenvalue weighted by Gasteiger charge is -2.19. The SMILES string of the molecule is COC1=C(OC)C(=O)C(C/C=C(/C)CC/C=C(\C)CC/C=C(/C)CC/C=C(\C)CC/C=C(\C)CC/C=C(\C)CCC=C(C)C)=C(C)C1=O. The number of rotatable bonds is 22. The van der Waals surface area contributed by atoms with E-state index in [1.807, 2.05) is 6.08 Å². The molecule has 1 aliphatic rings. The highest BCUT2D eigenvalue weighted by Gasteiger charge is 2.34. The molecule has 0 heterocycles. The van der Waals surface area contributed by atoms with Crippen molar-refractivity contribution in [2.45, 2.75) is 146 Å². The molecule has 0 N–H and O–H groups in total. The van der Waals surface area contributed by atoms with Gasteiger partial charge in [0, 0.05) is 11.1 Å². The van der Waals surface area contributed by atoms with Crippen molar-refractivity contribution in [1.29, 1.82) is 0 Å². The second kappa shape index (κ2) is 23.8. The standard InChI is InChI=1S/C44H66O4/c1-32(2)18-12-19-33(3)20-13-21-34(4)22-14-23-35(5)24-15-25-36(6)26-16-27-37(7)28-17-29-38(8)30-31-40-39(9)41(45)43(47-10)44(48-11)42(40)46/h18,20,22,24,26,28,30H,12-17,19,21,23,25,27,29,31H2,1-11H3/b33-20+,34-22+,35-24+,36-26-,37-28+,38-30-. The summed E-state index contributed by atoms with van der Waals surface area (Å²) in [6, 6.07) is 0. The molecule has 1 rings (SSSR count). The zero-order valence-corrected chi connectivity index (χ0v) is 32.4. The smallest absolute Gasteiger partial charge is 0.228 e. The number of hydrogen-bond acceptors (Lipinski definition) is 4. The van der Waals surface area contributed by atoms with E-state index < -0.39 is 0 Å². The Labute approximate surface area is 294 Å². The van der Waals surface area contributed by atoms with Gasteiger partial charge in [-0.3, -0.25) is 9.59 Å². The molecule has 0 fully saturated rings. The average Bonchev–Trinajstić information content (AvgIpc) is 3.02. The lowest BCUT2D eigenvalue weighted by atomic mass is 9.90. The van der Waals surface area contributed by atoms with Crippen molar-refractivity contribution in [2.75, 3.05) is 14.2 Å². The van der Waals surface area contributed by atoms with E-state index in [4.69, 9.17) is 9.47 Å². The molecule has 0 atom stereocenters. The molecule has 0 aliphatic heterocycles. The van der Waals surface area contributed by atoms with Crippen LogP contribution in [0.1, 0.15) is 146 Å². The number of allylic oxidation sites excluding steroid dienone is 16. The third-order valence-corrected chi connectivity index (χ3v) is 9.00. The Hall–Kier alpha value is -3.40. The normalized spacial score (nSPS) is 15.9. The number of methoxy groups -OCH3 is 2. The maximum atomic E-state index is 12.8. The van der Waals surface area contributed by atoms with Crippen LogP contribution in [0.4, 0.5) is 0 Å². The predicted octanol–water partition coefficient (Wildman–Crippen LogP) is 12.7. The highest BCUT2D eigenvalue weighted by atomic mass is 16.5. The van der Waals surface area contributed by atoms with Crippen LogP contribution in [0.2, 0.25) is 0 Å². The molecule has 1 aliphatic carbocycles. The molecule has 4 heteroatoms. The number of hydrogen-bond donors (Lipinski definition) is 0. The Morgan fingerprint density at radius 3 is 1.06 bits per heavy atom. The van der Waals surface area contributed by atoms with Crippen LogP contribution in [0, 0.1) is 0 Å². The molecule has 266 valence electrons. The molecule has 0 aromatic carbocycles. The molecular weight excluding hydrogens is 592 g/mol. The maximum Gasteiger partial charge on any atom is 0.228 e. The van der Waals surface area contributed by atoms with Gasteiger partial charge in [0.15, 0.2) is 0 Å². The van der Waals surface area contributed by atoms with Gasteiger partial charge in [-0.15, -0.1) is 0 Å². The van der Waals surface area contributed by atoms with E-state index in [2.05, 4.69) is 91.8 Å². The summed E-state index contributed by atoms with van der Waals surface area (Å²) >= 11 is 0. The molecule has 48 heavy (non-hydrogen) atoms. The lowest BCUT2D eigenvalue weighted by molar-refractivity contribution is -0.121. The minimum atomic E-state index is -0.283. The van der Waals surface area contributed by atoms with Gasteiger partial charge >= 0.3 is 0 Å². The number of carbonyl (C=O) groups excluding carboxylic acids is 2. The van der Waals surface area contributed by atoms with Crippen LogP contribution in [0.15, 0.2) is 104 Å². The summed E-state index contributed by atoms with van der Waals surface area (Å²) in [6.07, 6.45) is 30.0. The van der Waals surface area contributed by atoms with Crippen molar-refractivity contribution in [2.24, 2.45) is 0 Å². The predicted molar refractivity (Wildman–Crippen MR) is 206 cm³/mol. The van der Waals surface area contributed by atoms with Crippen molar-refractivity contribution in [3.05, 3.63) is 104 Å². The molecule has 0 spiro atoms. The van der Waals surface area contributed by atoms with Gasteiger partial charge in [0.05, 0.1) is 14.2 Å². The van der Waals surface area contributed by atoms with Gasteiger partial charge in [-0.2, -0.15) is 0 Å². The van der Waals surface area contributed by atoms with Crippen LogP contribution >= 0.6 is 0 Å². The lowest BCUT2D eigenvalue weighted by Crippen LogP contribution is -2.24. The maximum absolute atomic E-state index is 12.8. The number of Topliss-reactive ketones (excluding diaryl/α,β-unsaturated/α-hetero) is 2. The largest absolute Gasteiger partial charge is 0.489 e. The van der Waals surface area contributed by atoms with E-state index in [0.29, 0.717) is 17.6 Å². The van der Waals surface area contributed by atoms with E-state index in [-0.39, 0.29) is 23.1 Å². The van der Waals surface area contributed by atoms with Crippen molar-refractivity contribution in [3.63, 3.8) is 0 Å². The second-order valence-corrected chi connectivity index (χ2v) is 13.8. The average molecular weight is 659 g/mol. The van der Waals surface area contributed by atoms with Gasteiger partial charge in [-0.25, -0.2) is 0 Å². The number of carbonyl (C=O) groups is 2. The molecule has 0 radical (unpaired) electrons. The third-order valence-electron chi connectivity index (χ3n) is 9.00. The first kappa shape index (κ1) is 42.6. The van der Waals surface area contributed by atoms with Crippen LogP contribution < -0.4 is 0 Å². The summed E-state index contributed by atoms with van der Waals surface area (Å²) < 4.78 is 10.3. The summed E-state index contributed by atoms with van der Waals surface area (Å²) in [5, 5.41) is 0. The molecule has 0 saturated carbocycles. The number of ketones is 2. The molecule has 0 aromatic heterocycles. The number of ether oxygens (including phenoxy) is 2. The molecule has 0 unspecified atom stereocenters. The first-order valence-electron chi connectivity index (χ1n) is 18.0. The summed E-state index contributed by atoms with van der Waals surface area (Å²) in [5.74, 6) is -0.570. The van der Waals surface area contributed by atoms with Gasteiger partial charge in [0.1, 0.15) is 0 Å². The highest BCUT2D eigenvalue weighted by molar-refractivity contribution is 6.23. The van der Waals surface area contributed by atoms with E-state index in [9.17, 15) is 9.59 Å². The fourth-order valence-electron chi connectivity index (χ4n) is 5.65. The third kappa shape index (κ3) is 17.1. The molecule has 0 saturated heterocycles. The Balaban J connectivity index is 2.37. The summed E-state index contributed by atoms with van der Waals surface area (Å²) in [6.45, 7) is 19.4.